The van der Waals surface area contributed by atoms with Gasteiger partial charge in [-0.2, -0.15) is 0 Å². The average Bonchev–Trinajstić information content (AvgIpc) is 2.97. The number of carbonyl (C=O) groups excluding carboxylic acids is 1. The third-order valence-electron chi connectivity index (χ3n) is 6.68. The summed E-state index contributed by atoms with van der Waals surface area (Å²) in [6.07, 6.45) is -1.01. The van der Waals surface area contributed by atoms with Crippen LogP contribution in [-0.4, -0.2) is 82.1 Å². The Hall–Kier alpha value is -4.19. The standard InChI is InChI=1S/C33H44N4O7/c1-33(2,3)44-32(42)37-28(19-23-9-5-4-6-10-23)30(39)22-34-21-29(38)27(36-31(40)41)20-24-12-14-26(15-13-24)43-18-16-25-11-7-8-17-35-25/h4-15,17,27-30,34,36,38-39H,16,18-22H2,1-3H3,(H,37,42)(H,40,41)/t27-,28-,29+,30?/m0/s1. The number of ether oxygens (including phenoxy) is 2. The third kappa shape index (κ3) is 13.0. The first-order valence-corrected chi connectivity index (χ1v) is 14.7. The number of carbonyl (C=O) groups is 2. The molecule has 0 bridgehead atoms. The molecular weight excluding hydrogens is 564 g/mol. The lowest BCUT2D eigenvalue weighted by Gasteiger charge is -2.28. The molecule has 0 saturated carbocycles. The zero-order valence-electron chi connectivity index (χ0n) is 25.5. The number of pyridine rings is 1. The average molecular weight is 609 g/mol. The summed E-state index contributed by atoms with van der Waals surface area (Å²) in [4.78, 5) is 28.2. The van der Waals surface area contributed by atoms with E-state index in [0.29, 0.717) is 25.2 Å². The summed E-state index contributed by atoms with van der Waals surface area (Å²) < 4.78 is 11.2. The molecule has 11 nitrogen and oxygen atoms in total. The second kappa shape index (κ2) is 17.2. The van der Waals surface area contributed by atoms with Crippen molar-refractivity contribution in [3.8, 4) is 5.75 Å². The van der Waals surface area contributed by atoms with Gasteiger partial charge in [-0.15, -0.1) is 0 Å². The Morgan fingerprint density at radius 3 is 1.98 bits per heavy atom. The lowest BCUT2D eigenvalue weighted by molar-refractivity contribution is 0.0416. The molecule has 0 aliphatic rings. The zero-order chi connectivity index (χ0) is 32.0. The molecule has 11 heteroatoms. The fraction of sp³-hybridized carbons (Fsp3) is 0.424. The van der Waals surface area contributed by atoms with E-state index in [9.17, 15) is 24.9 Å². The van der Waals surface area contributed by atoms with Crippen molar-refractivity contribution in [3.05, 3.63) is 95.8 Å². The van der Waals surface area contributed by atoms with E-state index in [4.69, 9.17) is 9.47 Å². The first kappa shape index (κ1) is 34.3. The lowest BCUT2D eigenvalue weighted by Crippen LogP contribution is -2.52. The predicted molar refractivity (Wildman–Crippen MR) is 167 cm³/mol. The van der Waals surface area contributed by atoms with Gasteiger partial charge >= 0.3 is 12.2 Å². The number of carboxylic acid groups (broad SMARTS) is 1. The number of benzene rings is 2. The van der Waals surface area contributed by atoms with Crippen molar-refractivity contribution in [1.82, 2.24) is 20.9 Å². The molecule has 44 heavy (non-hydrogen) atoms. The van der Waals surface area contributed by atoms with Gasteiger partial charge in [0, 0.05) is 31.4 Å². The highest BCUT2D eigenvalue weighted by Crippen LogP contribution is 2.15. The molecule has 2 aromatic carbocycles. The van der Waals surface area contributed by atoms with Crippen LogP contribution in [0.3, 0.4) is 0 Å². The number of nitrogens with one attached hydrogen (secondary N) is 3. The van der Waals surface area contributed by atoms with Crippen molar-refractivity contribution in [3.63, 3.8) is 0 Å². The van der Waals surface area contributed by atoms with Crippen LogP contribution in [0.5, 0.6) is 5.75 Å². The van der Waals surface area contributed by atoms with Gasteiger partial charge in [0.15, 0.2) is 0 Å². The molecule has 0 fully saturated rings. The quantitative estimate of drug-likeness (QED) is 0.143. The smallest absolute Gasteiger partial charge is 0.407 e. The van der Waals surface area contributed by atoms with Gasteiger partial charge in [0.25, 0.3) is 0 Å². The van der Waals surface area contributed by atoms with Crippen LogP contribution in [0.2, 0.25) is 0 Å². The van der Waals surface area contributed by atoms with Crippen molar-refractivity contribution < 1.29 is 34.4 Å². The minimum Gasteiger partial charge on any atom is -0.493 e. The summed E-state index contributed by atoms with van der Waals surface area (Å²) in [7, 11) is 0. The number of aromatic nitrogens is 1. The van der Waals surface area contributed by atoms with Gasteiger partial charge in [-0.1, -0.05) is 48.5 Å². The van der Waals surface area contributed by atoms with Crippen molar-refractivity contribution in [2.75, 3.05) is 19.7 Å². The molecule has 6 N–H and O–H groups in total. The Morgan fingerprint density at radius 2 is 1.41 bits per heavy atom. The van der Waals surface area contributed by atoms with E-state index in [1.165, 1.54) is 0 Å². The summed E-state index contributed by atoms with van der Waals surface area (Å²) in [5, 5.41) is 39.4. The van der Waals surface area contributed by atoms with Gasteiger partial charge in [0.2, 0.25) is 0 Å². The second-order valence-electron chi connectivity index (χ2n) is 11.6. The topological polar surface area (TPSA) is 162 Å². The van der Waals surface area contributed by atoms with Crippen molar-refractivity contribution in [1.29, 1.82) is 0 Å². The molecule has 238 valence electrons. The van der Waals surface area contributed by atoms with E-state index < -0.39 is 42.1 Å². The summed E-state index contributed by atoms with van der Waals surface area (Å²) in [6, 6.07) is 20.9. The maximum absolute atomic E-state index is 12.5. The highest BCUT2D eigenvalue weighted by atomic mass is 16.6. The minimum atomic E-state index is -1.26. The van der Waals surface area contributed by atoms with Crippen LogP contribution >= 0.6 is 0 Å². The van der Waals surface area contributed by atoms with Crippen LogP contribution in [0.25, 0.3) is 0 Å². The highest BCUT2D eigenvalue weighted by Gasteiger charge is 2.26. The van der Waals surface area contributed by atoms with E-state index in [1.807, 2.05) is 60.7 Å². The Bertz CT molecular complexity index is 1270. The number of amides is 2. The molecule has 4 atom stereocenters. The van der Waals surface area contributed by atoms with E-state index >= 15 is 0 Å². The molecule has 1 aromatic heterocycles. The fourth-order valence-electron chi connectivity index (χ4n) is 4.51. The summed E-state index contributed by atoms with van der Waals surface area (Å²) >= 11 is 0. The van der Waals surface area contributed by atoms with Gasteiger partial charge in [-0.3, -0.25) is 4.98 Å². The van der Waals surface area contributed by atoms with Crippen LogP contribution in [0.4, 0.5) is 9.59 Å². The molecule has 0 aliphatic carbocycles. The molecule has 0 aliphatic heterocycles. The van der Waals surface area contributed by atoms with E-state index in [-0.39, 0.29) is 19.5 Å². The number of nitrogens with zero attached hydrogens (tertiary/aromatic N) is 1. The third-order valence-corrected chi connectivity index (χ3v) is 6.68. The molecule has 0 radical (unpaired) electrons. The molecular formula is C33H44N4O7. The number of rotatable bonds is 16. The van der Waals surface area contributed by atoms with Gasteiger partial charge in [-0.25, -0.2) is 9.59 Å². The number of alkyl carbamates (subject to hydrolysis) is 1. The molecule has 3 aromatic rings. The van der Waals surface area contributed by atoms with Crippen LogP contribution in [0.15, 0.2) is 79.0 Å². The molecule has 0 saturated heterocycles. The first-order chi connectivity index (χ1) is 21.0. The minimum absolute atomic E-state index is 0.00121. The van der Waals surface area contributed by atoms with Crippen LogP contribution < -0.4 is 20.7 Å². The van der Waals surface area contributed by atoms with E-state index in [2.05, 4.69) is 20.9 Å². The van der Waals surface area contributed by atoms with Crippen molar-refractivity contribution in [2.45, 2.75) is 69.9 Å². The fourth-order valence-corrected chi connectivity index (χ4v) is 4.51. The largest absolute Gasteiger partial charge is 0.493 e. The number of hydrogen-bond acceptors (Lipinski definition) is 8. The molecule has 3 rings (SSSR count). The lowest BCUT2D eigenvalue weighted by atomic mass is 10.00. The Morgan fingerprint density at radius 1 is 0.818 bits per heavy atom. The first-order valence-electron chi connectivity index (χ1n) is 14.7. The Kier molecular flexibility index (Phi) is 13.4. The van der Waals surface area contributed by atoms with Gasteiger partial charge in [0.05, 0.1) is 30.9 Å². The van der Waals surface area contributed by atoms with E-state index in [0.717, 1.165) is 16.8 Å². The zero-order valence-corrected chi connectivity index (χ0v) is 25.5. The van der Waals surface area contributed by atoms with Gasteiger partial charge in [-0.05, 0) is 69.0 Å². The number of hydrogen-bond donors (Lipinski definition) is 6. The summed E-state index contributed by atoms with van der Waals surface area (Å²) in [5.41, 5.74) is 1.97. The second-order valence-corrected chi connectivity index (χ2v) is 11.6. The number of aliphatic hydroxyl groups is 2. The highest BCUT2D eigenvalue weighted by molar-refractivity contribution is 5.68. The van der Waals surface area contributed by atoms with Crippen LogP contribution in [0.1, 0.15) is 37.6 Å². The van der Waals surface area contributed by atoms with Crippen molar-refractivity contribution >= 4 is 12.2 Å². The van der Waals surface area contributed by atoms with Crippen LogP contribution in [-0.2, 0) is 24.0 Å². The van der Waals surface area contributed by atoms with Crippen molar-refractivity contribution in [2.24, 2.45) is 0 Å². The molecule has 2 amide bonds. The number of aliphatic hydroxyl groups excluding tert-OH is 2. The predicted octanol–water partition coefficient (Wildman–Crippen LogP) is 3.33. The Balaban J connectivity index is 1.53. The normalized spacial score (nSPS) is 14.1. The maximum Gasteiger partial charge on any atom is 0.407 e. The SMILES string of the molecule is CC(C)(C)OC(=O)N[C@@H](Cc1ccccc1)C(O)CNC[C@@H](O)[C@H](Cc1ccc(OCCc2ccccn2)cc1)NC(=O)O. The van der Waals surface area contributed by atoms with E-state index in [1.54, 1.807) is 39.1 Å². The van der Waals surface area contributed by atoms with Gasteiger partial charge in [0.1, 0.15) is 11.4 Å². The molecule has 0 spiro atoms. The monoisotopic (exact) mass is 608 g/mol. The molecule has 1 unspecified atom stereocenters. The maximum atomic E-state index is 12.5. The van der Waals surface area contributed by atoms with Gasteiger partial charge < -0.3 is 40.7 Å². The summed E-state index contributed by atoms with van der Waals surface area (Å²) in [6.45, 7) is 5.78. The van der Waals surface area contributed by atoms with Crippen LogP contribution in [0, 0.1) is 0 Å². The summed E-state index contributed by atoms with van der Waals surface area (Å²) in [5.74, 6) is 0.675. The Labute approximate surface area is 258 Å². The molecule has 1 heterocycles.